The number of anilines is 2. The molecule has 0 radical (unpaired) electrons. The number of carbonyl (C=O) groups is 2. The summed E-state index contributed by atoms with van der Waals surface area (Å²) in [6.45, 7) is 6.54. The first-order valence-electron chi connectivity index (χ1n) is 18.0. The highest BCUT2D eigenvalue weighted by Crippen LogP contribution is 2.57. The minimum absolute atomic E-state index is 0.0134. The van der Waals surface area contributed by atoms with Crippen LogP contribution in [0.3, 0.4) is 0 Å². The van der Waals surface area contributed by atoms with Crippen LogP contribution in [0.2, 0.25) is 10.3 Å². The summed E-state index contributed by atoms with van der Waals surface area (Å²) >= 11 is 13.7. The minimum atomic E-state index is -0.961. The molecular formula is C38H38Cl2N6O6. The molecule has 1 aliphatic carbocycles. The van der Waals surface area contributed by atoms with E-state index in [-0.39, 0.29) is 41.4 Å². The molecule has 3 unspecified atom stereocenters. The quantitative estimate of drug-likeness (QED) is 0.244. The van der Waals surface area contributed by atoms with Crippen LogP contribution < -0.4 is 30.8 Å². The van der Waals surface area contributed by atoms with Gasteiger partial charge in [-0.3, -0.25) is 28.5 Å². The number of halogens is 2. The zero-order valence-corrected chi connectivity index (χ0v) is 30.0. The van der Waals surface area contributed by atoms with Gasteiger partial charge in [-0.1, -0.05) is 41.4 Å². The van der Waals surface area contributed by atoms with Crippen LogP contribution in [0.1, 0.15) is 44.9 Å². The van der Waals surface area contributed by atoms with E-state index in [1.54, 1.807) is 38.5 Å². The number of fused-ring (bicyclic) bond motifs is 4. The van der Waals surface area contributed by atoms with Gasteiger partial charge in [0.15, 0.2) is 12.2 Å². The van der Waals surface area contributed by atoms with E-state index in [2.05, 4.69) is 11.9 Å². The SMILES string of the molecule is C=CCN1C(=O)C2(CC2CC2CCn3c(Cl)c(-c4ccc5c(c4)NC(=O)CO5)c(=O)n3CC2)Oc2ccc(-c3c(Cl)n4n(c3=O)CCCCC4)cc21. The molecule has 3 atom stereocenters. The molecule has 2 aromatic heterocycles. The second kappa shape index (κ2) is 12.5. The fourth-order valence-electron chi connectivity index (χ4n) is 8.65. The molecule has 1 fully saturated rings. The van der Waals surface area contributed by atoms with Crippen LogP contribution in [0.25, 0.3) is 22.3 Å². The Morgan fingerprint density at radius 2 is 1.46 bits per heavy atom. The number of ether oxygens (including phenoxy) is 2. The summed E-state index contributed by atoms with van der Waals surface area (Å²) in [4.78, 5) is 55.0. The van der Waals surface area contributed by atoms with Gasteiger partial charge in [0.05, 0.1) is 22.5 Å². The number of carbonyl (C=O) groups excluding carboxylic acids is 2. The zero-order chi connectivity index (χ0) is 35.9. The molecule has 5 aliphatic rings. The zero-order valence-electron chi connectivity index (χ0n) is 28.5. The Morgan fingerprint density at radius 1 is 0.827 bits per heavy atom. The number of benzene rings is 2. The summed E-state index contributed by atoms with van der Waals surface area (Å²) in [5, 5.41) is 3.57. The van der Waals surface area contributed by atoms with Gasteiger partial charge in [0.25, 0.3) is 22.9 Å². The summed E-state index contributed by atoms with van der Waals surface area (Å²) < 4.78 is 19.2. The molecule has 270 valence electrons. The van der Waals surface area contributed by atoms with Gasteiger partial charge in [-0.05, 0) is 79.8 Å². The van der Waals surface area contributed by atoms with Gasteiger partial charge in [-0.15, -0.1) is 6.58 Å². The normalized spacial score (nSPS) is 23.3. The largest absolute Gasteiger partial charge is 0.482 e. The molecule has 2 amide bonds. The van der Waals surface area contributed by atoms with E-state index in [9.17, 15) is 19.2 Å². The molecule has 6 heterocycles. The van der Waals surface area contributed by atoms with Crippen molar-refractivity contribution >= 4 is 46.4 Å². The van der Waals surface area contributed by atoms with E-state index >= 15 is 0 Å². The lowest BCUT2D eigenvalue weighted by Gasteiger charge is -2.35. The van der Waals surface area contributed by atoms with Gasteiger partial charge < -0.3 is 19.7 Å². The van der Waals surface area contributed by atoms with Crippen LogP contribution in [0, 0.1) is 11.8 Å². The maximum Gasteiger partial charge on any atom is 0.276 e. The highest BCUT2D eigenvalue weighted by atomic mass is 35.5. The van der Waals surface area contributed by atoms with E-state index in [1.807, 2.05) is 27.6 Å². The standard InChI is InChI=1S/C38H38Cl2N6O6/c1-2-12-42-27-19-24(32-33(39)43-13-4-3-5-14-45(43)35(32)48)7-9-29(27)52-38(37(42)50)20-25(38)17-22-10-15-44-34(40)31(36(49)46(44)16-11-22)23-6-8-28-26(18-23)41-30(47)21-51-28/h2,6-9,18-19,22,25H,1,3-5,10-17,20-21H2,(H,41,47). The molecule has 4 aromatic rings. The van der Waals surface area contributed by atoms with Gasteiger partial charge in [-0.25, -0.2) is 9.36 Å². The topological polar surface area (TPSA) is 122 Å². The monoisotopic (exact) mass is 744 g/mol. The average molecular weight is 746 g/mol. The van der Waals surface area contributed by atoms with Crippen molar-refractivity contribution in [1.82, 2.24) is 18.7 Å². The minimum Gasteiger partial charge on any atom is -0.482 e. The molecule has 1 N–H and O–H groups in total. The molecule has 1 saturated carbocycles. The van der Waals surface area contributed by atoms with Gasteiger partial charge in [0, 0.05) is 45.1 Å². The number of rotatable bonds is 6. The Balaban J connectivity index is 0.931. The van der Waals surface area contributed by atoms with Crippen molar-refractivity contribution in [3.63, 3.8) is 0 Å². The first-order valence-corrected chi connectivity index (χ1v) is 18.8. The molecule has 12 nitrogen and oxygen atoms in total. The van der Waals surface area contributed by atoms with Crippen LogP contribution in [0.4, 0.5) is 11.4 Å². The van der Waals surface area contributed by atoms with Crippen LogP contribution >= 0.6 is 23.2 Å². The van der Waals surface area contributed by atoms with E-state index in [0.29, 0.717) is 94.6 Å². The third kappa shape index (κ3) is 5.16. The molecule has 1 spiro atoms. The number of hydrogen-bond donors (Lipinski definition) is 1. The van der Waals surface area contributed by atoms with Gasteiger partial charge in [-0.2, -0.15) is 0 Å². The van der Waals surface area contributed by atoms with Crippen molar-refractivity contribution in [1.29, 1.82) is 0 Å². The van der Waals surface area contributed by atoms with Gasteiger partial charge >= 0.3 is 0 Å². The molecule has 0 bridgehead atoms. The first kappa shape index (κ1) is 33.2. The van der Waals surface area contributed by atoms with E-state index in [0.717, 1.165) is 38.5 Å². The summed E-state index contributed by atoms with van der Waals surface area (Å²) in [5.74, 6) is 1.06. The molecule has 0 saturated heterocycles. The third-order valence-electron chi connectivity index (χ3n) is 11.4. The number of nitrogens with zero attached hydrogens (tertiary/aromatic N) is 5. The number of amides is 2. The van der Waals surface area contributed by atoms with Crippen molar-refractivity contribution < 1.29 is 19.1 Å². The second-order valence-electron chi connectivity index (χ2n) is 14.5. The van der Waals surface area contributed by atoms with E-state index in [1.165, 1.54) is 0 Å². The van der Waals surface area contributed by atoms with Crippen molar-refractivity contribution in [2.75, 3.05) is 23.4 Å². The van der Waals surface area contributed by atoms with E-state index < -0.39 is 5.60 Å². The van der Waals surface area contributed by atoms with Crippen LogP contribution in [-0.4, -0.2) is 49.3 Å². The predicted octanol–water partition coefficient (Wildman–Crippen LogP) is 5.94. The molecular weight excluding hydrogens is 707 g/mol. The highest BCUT2D eigenvalue weighted by molar-refractivity contribution is 6.32. The number of hydrogen-bond acceptors (Lipinski definition) is 6. The van der Waals surface area contributed by atoms with Gasteiger partial charge in [0.1, 0.15) is 21.8 Å². The van der Waals surface area contributed by atoms with Crippen molar-refractivity contribution in [2.24, 2.45) is 11.8 Å². The van der Waals surface area contributed by atoms with Crippen LogP contribution in [0.5, 0.6) is 11.5 Å². The molecule has 2 aromatic carbocycles. The first-order chi connectivity index (χ1) is 25.2. The Morgan fingerprint density at radius 3 is 2.19 bits per heavy atom. The van der Waals surface area contributed by atoms with Gasteiger partial charge in [0.2, 0.25) is 0 Å². The smallest absolute Gasteiger partial charge is 0.276 e. The summed E-state index contributed by atoms with van der Waals surface area (Å²) in [6.07, 6.45) is 7.57. The summed E-state index contributed by atoms with van der Waals surface area (Å²) in [5.41, 5.74) is 1.96. The molecule has 9 rings (SSSR count). The van der Waals surface area contributed by atoms with Crippen LogP contribution in [0.15, 0.2) is 58.6 Å². The summed E-state index contributed by atoms with van der Waals surface area (Å²) in [6, 6.07) is 10.8. The average Bonchev–Trinajstić information content (AvgIpc) is 3.82. The van der Waals surface area contributed by atoms with Crippen molar-refractivity contribution in [3.05, 3.63) is 80.1 Å². The Labute approximate surface area is 309 Å². The van der Waals surface area contributed by atoms with Crippen LogP contribution in [-0.2, 0) is 35.8 Å². The Hall–Kier alpha value is -4.68. The Kier molecular flexibility index (Phi) is 7.96. The number of nitrogens with one attached hydrogen (secondary N) is 1. The third-order valence-corrected chi connectivity index (χ3v) is 12.2. The maximum atomic E-state index is 14.2. The second-order valence-corrected chi connectivity index (χ2v) is 15.2. The van der Waals surface area contributed by atoms with Crippen molar-refractivity contribution in [2.45, 2.75) is 76.7 Å². The molecule has 52 heavy (non-hydrogen) atoms. The highest BCUT2D eigenvalue weighted by Gasteiger charge is 2.66. The predicted molar refractivity (Wildman–Crippen MR) is 198 cm³/mol. The Bertz CT molecular complexity index is 2300. The fourth-order valence-corrected chi connectivity index (χ4v) is 9.38. The lowest BCUT2D eigenvalue weighted by atomic mass is 9.93. The molecule has 14 heteroatoms. The fraction of sp³-hybridized carbons (Fsp3) is 0.421. The van der Waals surface area contributed by atoms with Crippen molar-refractivity contribution in [3.8, 4) is 33.8 Å². The number of aromatic nitrogens is 4. The molecule has 4 aliphatic heterocycles. The summed E-state index contributed by atoms with van der Waals surface area (Å²) in [7, 11) is 0. The van der Waals surface area contributed by atoms with E-state index in [4.69, 9.17) is 32.7 Å². The maximum absolute atomic E-state index is 14.2. The lowest BCUT2D eigenvalue weighted by molar-refractivity contribution is -0.129. The lowest BCUT2D eigenvalue weighted by Crippen LogP contribution is -2.49.